The van der Waals surface area contributed by atoms with Crippen LogP contribution in [0.25, 0.3) is 22.0 Å². The molecule has 0 amide bonds. The van der Waals surface area contributed by atoms with Crippen molar-refractivity contribution in [1.82, 2.24) is 18.2 Å². The Morgan fingerprint density at radius 1 is 1.07 bits per heavy atom. The zero-order chi connectivity index (χ0) is 21.3. The molecule has 0 bridgehead atoms. The topological polar surface area (TPSA) is 41.4 Å². The molecular formula is C23H30N4OS. The molecule has 1 atom stereocenters. The van der Waals surface area contributed by atoms with Gasteiger partial charge in [0.2, 0.25) is 5.91 Å². The van der Waals surface area contributed by atoms with E-state index in [1.807, 2.05) is 57.8 Å². The lowest BCUT2D eigenvalue weighted by Crippen LogP contribution is -2.26. The number of pyridine rings is 1. The minimum Gasteiger partial charge on any atom is -0.286 e. The monoisotopic (exact) mass is 410 g/mol. The van der Waals surface area contributed by atoms with Gasteiger partial charge in [0.25, 0.3) is 0 Å². The number of nitrogens with zero attached hydrogens (tertiary/aromatic N) is 4. The fourth-order valence-electron chi connectivity index (χ4n) is 3.36. The van der Waals surface area contributed by atoms with Crippen LogP contribution in [0.1, 0.15) is 44.1 Å². The lowest BCUT2D eigenvalue weighted by atomic mass is 9.95. The third kappa shape index (κ3) is 4.55. The quantitative estimate of drug-likeness (QED) is 0.519. The molecule has 1 unspecified atom stereocenters. The van der Waals surface area contributed by atoms with Crippen molar-refractivity contribution in [3.8, 4) is 11.1 Å². The second-order valence-corrected chi connectivity index (χ2v) is 10.1. The van der Waals surface area contributed by atoms with Gasteiger partial charge in [-0.25, -0.2) is 8.61 Å². The van der Waals surface area contributed by atoms with Crippen LogP contribution in [-0.4, -0.2) is 45.2 Å². The fourth-order valence-corrected chi connectivity index (χ4v) is 4.13. The molecule has 0 saturated heterocycles. The van der Waals surface area contributed by atoms with Crippen molar-refractivity contribution in [3.63, 3.8) is 0 Å². The van der Waals surface area contributed by atoms with Crippen LogP contribution in [-0.2, 0) is 0 Å². The lowest BCUT2D eigenvalue weighted by molar-refractivity contribution is 0.0772. The van der Waals surface area contributed by atoms with Gasteiger partial charge in [-0.2, -0.15) is 0 Å². The van der Waals surface area contributed by atoms with E-state index in [1.165, 1.54) is 0 Å². The summed E-state index contributed by atoms with van der Waals surface area (Å²) in [6.45, 7) is 8.06. The van der Waals surface area contributed by atoms with E-state index in [4.69, 9.17) is 0 Å². The summed E-state index contributed by atoms with van der Waals surface area (Å²) >= 11 is 1.65. The second kappa shape index (κ2) is 8.30. The maximum Gasteiger partial charge on any atom is 0.236 e. The number of hydrogen-bond acceptors (Lipinski definition) is 5. The fraction of sp³-hybridized carbons (Fsp3) is 0.391. The molecular weight excluding hydrogens is 380 g/mol. The van der Waals surface area contributed by atoms with E-state index in [9.17, 15) is 4.79 Å². The molecule has 3 aromatic rings. The zero-order valence-corrected chi connectivity index (χ0v) is 19.1. The Labute approximate surface area is 178 Å². The molecule has 3 rings (SSSR count). The van der Waals surface area contributed by atoms with E-state index in [2.05, 4.69) is 45.8 Å². The van der Waals surface area contributed by atoms with Gasteiger partial charge in [-0.3, -0.25) is 14.3 Å². The van der Waals surface area contributed by atoms with Crippen LogP contribution >= 0.6 is 12.1 Å². The van der Waals surface area contributed by atoms with Crippen molar-refractivity contribution in [2.75, 3.05) is 21.1 Å². The first-order valence-corrected chi connectivity index (χ1v) is 10.5. The molecule has 2 aromatic heterocycles. The van der Waals surface area contributed by atoms with Crippen LogP contribution in [0, 0.1) is 5.41 Å². The van der Waals surface area contributed by atoms with Gasteiger partial charge in [0, 0.05) is 47.6 Å². The SMILES string of the molecule is CC(c1cn(C(=O)C(C)(C)C)c2cc(-c3ccncc3)ccc12)N(C)SN(C)C. The van der Waals surface area contributed by atoms with Gasteiger partial charge in [0.15, 0.2) is 0 Å². The summed E-state index contributed by atoms with van der Waals surface area (Å²) < 4.78 is 6.11. The molecule has 1 aromatic carbocycles. The van der Waals surface area contributed by atoms with Crippen molar-refractivity contribution in [2.45, 2.75) is 33.7 Å². The average Bonchev–Trinajstić information content (AvgIpc) is 3.04. The number of carbonyl (C=O) groups excluding carboxylic acids is 1. The molecule has 0 aliphatic heterocycles. The first-order valence-electron chi connectivity index (χ1n) is 9.78. The van der Waals surface area contributed by atoms with Gasteiger partial charge < -0.3 is 0 Å². The molecule has 0 aliphatic rings. The third-order valence-electron chi connectivity index (χ3n) is 5.00. The van der Waals surface area contributed by atoms with E-state index in [-0.39, 0.29) is 11.9 Å². The number of benzene rings is 1. The Morgan fingerprint density at radius 2 is 1.72 bits per heavy atom. The maximum absolute atomic E-state index is 13.2. The Morgan fingerprint density at radius 3 is 2.31 bits per heavy atom. The van der Waals surface area contributed by atoms with Gasteiger partial charge >= 0.3 is 0 Å². The van der Waals surface area contributed by atoms with Crippen LogP contribution in [0.15, 0.2) is 48.9 Å². The normalized spacial score (nSPS) is 13.4. The molecule has 29 heavy (non-hydrogen) atoms. The molecule has 0 N–H and O–H groups in total. The summed E-state index contributed by atoms with van der Waals surface area (Å²) in [7, 11) is 6.14. The van der Waals surface area contributed by atoms with Gasteiger partial charge in [-0.15, -0.1) is 0 Å². The van der Waals surface area contributed by atoms with Crippen LogP contribution in [0.4, 0.5) is 0 Å². The van der Waals surface area contributed by atoms with E-state index in [0.29, 0.717) is 0 Å². The average molecular weight is 411 g/mol. The van der Waals surface area contributed by atoms with Crippen molar-refractivity contribution >= 4 is 28.9 Å². The van der Waals surface area contributed by atoms with Gasteiger partial charge in [-0.05, 0) is 63.0 Å². The van der Waals surface area contributed by atoms with Crippen molar-refractivity contribution in [1.29, 1.82) is 0 Å². The van der Waals surface area contributed by atoms with Gasteiger partial charge in [0.1, 0.15) is 0 Å². The number of hydrogen-bond donors (Lipinski definition) is 0. The zero-order valence-electron chi connectivity index (χ0n) is 18.3. The standard InChI is InChI=1S/C23H30N4OS/c1-16(26(7)29-25(5)6)20-15-27(22(28)23(2,3)4)21-14-18(8-9-19(20)21)17-10-12-24-13-11-17/h8-16H,1-7H3. The minimum absolute atomic E-state index is 0.0933. The summed E-state index contributed by atoms with van der Waals surface area (Å²) in [5.41, 5.74) is 3.80. The summed E-state index contributed by atoms with van der Waals surface area (Å²) in [6, 6.07) is 10.5. The van der Waals surface area contributed by atoms with Gasteiger partial charge in [0.05, 0.1) is 5.52 Å². The van der Waals surface area contributed by atoms with E-state index < -0.39 is 5.41 Å². The highest BCUT2D eigenvalue weighted by atomic mass is 32.2. The highest BCUT2D eigenvalue weighted by molar-refractivity contribution is 7.94. The Balaban J connectivity index is 2.17. The van der Waals surface area contributed by atoms with Crippen LogP contribution in [0.5, 0.6) is 0 Å². The number of rotatable bonds is 5. The Hall–Kier alpha value is -2.15. The first-order chi connectivity index (χ1) is 13.6. The van der Waals surface area contributed by atoms with Crippen LogP contribution < -0.4 is 0 Å². The van der Waals surface area contributed by atoms with Crippen LogP contribution in [0.3, 0.4) is 0 Å². The second-order valence-electron chi connectivity index (χ2n) is 8.59. The molecule has 0 spiro atoms. The van der Waals surface area contributed by atoms with E-state index >= 15 is 0 Å². The van der Waals surface area contributed by atoms with E-state index in [1.54, 1.807) is 24.5 Å². The number of fused-ring (bicyclic) bond motifs is 1. The van der Waals surface area contributed by atoms with Crippen molar-refractivity contribution in [3.05, 3.63) is 54.5 Å². The summed E-state index contributed by atoms with van der Waals surface area (Å²) in [5, 5.41) is 1.11. The Kier molecular flexibility index (Phi) is 6.17. The molecule has 5 nitrogen and oxygen atoms in total. The van der Waals surface area contributed by atoms with Gasteiger partial charge in [-0.1, -0.05) is 32.9 Å². The number of aromatic nitrogens is 2. The Bertz CT molecular complexity index is 1000. The predicted octanol–water partition coefficient (Wildman–Crippen LogP) is 5.51. The van der Waals surface area contributed by atoms with Crippen LogP contribution in [0.2, 0.25) is 0 Å². The predicted molar refractivity (Wildman–Crippen MR) is 123 cm³/mol. The lowest BCUT2D eigenvalue weighted by Gasteiger charge is -2.25. The molecule has 0 radical (unpaired) electrons. The van der Waals surface area contributed by atoms with Crippen molar-refractivity contribution < 1.29 is 4.79 Å². The summed E-state index contributed by atoms with van der Waals surface area (Å²) in [6.07, 6.45) is 5.60. The van der Waals surface area contributed by atoms with E-state index in [0.717, 1.165) is 27.6 Å². The highest BCUT2D eigenvalue weighted by Crippen LogP contribution is 2.36. The minimum atomic E-state index is -0.469. The molecule has 2 heterocycles. The number of carbonyl (C=O) groups is 1. The molecule has 0 aliphatic carbocycles. The maximum atomic E-state index is 13.2. The molecule has 0 saturated carbocycles. The smallest absolute Gasteiger partial charge is 0.236 e. The third-order valence-corrected chi connectivity index (χ3v) is 5.90. The van der Waals surface area contributed by atoms with Crippen molar-refractivity contribution in [2.24, 2.45) is 5.41 Å². The largest absolute Gasteiger partial charge is 0.286 e. The molecule has 154 valence electrons. The highest BCUT2D eigenvalue weighted by Gasteiger charge is 2.27. The summed E-state index contributed by atoms with van der Waals surface area (Å²) in [4.78, 5) is 17.3. The summed E-state index contributed by atoms with van der Waals surface area (Å²) in [5.74, 6) is 0.0933. The molecule has 0 fully saturated rings. The molecule has 6 heteroatoms. The first kappa shape index (κ1) is 21.6.